The SMILES string of the molecule is CCC(=O)/C(=C\c1ccc(N2CCNCC2)cc1C)c1ccnc(C(C)C)n1. The van der Waals surface area contributed by atoms with E-state index in [-0.39, 0.29) is 11.7 Å². The zero-order valence-corrected chi connectivity index (χ0v) is 17.3. The molecule has 0 atom stereocenters. The van der Waals surface area contributed by atoms with Crippen LogP contribution in [0.5, 0.6) is 0 Å². The Morgan fingerprint density at radius 3 is 2.64 bits per heavy atom. The van der Waals surface area contributed by atoms with E-state index in [1.165, 1.54) is 5.69 Å². The van der Waals surface area contributed by atoms with Gasteiger partial charge in [0.15, 0.2) is 5.78 Å². The number of benzene rings is 1. The van der Waals surface area contributed by atoms with Crippen molar-refractivity contribution < 1.29 is 4.79 Å². The van der Waals surface area contributed by atoms with Crippen molar-refractivity contribution >= 4 is 23.1 Å². The molecular weight excluding hydrogens is 348 g/mol. The summed E-state index contributed by atoms with van der Waals surface area (Å²) in [5, 5.41) is 3.39. The van der Waals surface area contributed by atoms with Crippen molar-refractivity contribution in [1.82, 2.24) is 15.3 Å². The number of hydrogen-bond acceptors (Lipinski definition) is 5. The van der Waals surface area contributed by atoms with Crippen molar-refractivity contribution in [2.24, 2.45) is 0 Å². The number of piperazine rings is 1. The van der Waals surface area contributed by atoms with Gasteiger partial charge in [-0.3, -0.25) is 4.79 Å². The summed E-state index contributed by atoms with van der Waals surface area (Å²) in [5.41, 5.74) is 4.82. The maximum atomic E-state index is 12.7. The van der Waals surface area contributed by atoms with Gasteiger partial charge in [0.1, 0.15) is 5.82 Å². The topological polar surface area (TPSA) is 58.1 Å². The first kappa shape index (κ1) is 20.2. The van der Waals surface area contributed by atoms with E-state index in [9.17, 15) is 4.79 Å². The number of aryl methyl sites for hydroxylation is 1. The number of ketones is 1. The molecule has 0 bridgehead atoms. The lowest BCUT2D eigenvalue weighted by atomic mass is 9.99. The minimum absolute atomic E-state index is 0.0963. The molecule has 1 aromatic carbocycles. The Bertz CT molecular complexity index is 867. The first-order chi connectivity index (χ1) is 13.5. The first-order valence-electron chi connectivity index (χ1n) is 10.1. The Labute approximate surface area is 167 Å². The monoisotopic (exact) mass is 378 g/mol. The van der Waals surface area contributed by atoms with E-state index in [0.717, 1.165) is 43.1 Å². The van der Waals surface area contributed by atoms with Gasteiger partial charge in [-0.2, -0.15) is 0 Å². The van der Waals surface area contributed by atoms with Crippen LogP contribution in [0.3, 0.4) is 0 Å². The first-order valence-corrected chi connectivity index (χ1v) is 10.1. The predicted octanol–water partition coefficient (Wildman–Crippen LogP) is 3.84. The fourth-order valence-corrected chi connectivity index (χ4v) is 3.39. The van der Waals surface area contributed by atoms with E-state index in [2.05, 4.69) is 59.2 Å². The lowest BCUT2D eigenvalue weighted by Gasteiger charge is -2.29. The van der Waals surface area contributed by atoms with Crippen molar-refractivity contribution in [1.29, 1.82) is 0 Å². The van der Waals surface area contributed by atoms with Crippen LogP contribution in [0.1, 0.15) is 55.8 Å². The average molecular weight is 379 g/mol. The summed E-state index contributed by atoms with van der Waals surface area (Å²) < 4.78 is 0. The van der Waals surface area contributed by atoms with Gasteiger partial charge >= 0.3 is 0 Å². The molecule has 3 rings (SSSR count). The molecule has 5 heteroatoms. The third kappa shape index (κ3) is 4.65. The summed E-state index contributed by atoms with van der Waals surface area (Å²) in [6.45, 7) is 12.2. The van der Waals surface area contributed by atoms with E-state index in [1.54, 1.807) is 6.20 Å². The number of Topliss-reactive ketones (excluding diaryl/α,β-unsaturated/α-hetero) is 1. The van der Waals surface area contributed by atoms with Gasteiger partial charge in [-0.25, -0.2) is 9.97 Å². The van der Waals surface area contributed by atoms with Gasteiger partial charge in [0.25, 0.3) is 0 Å². The molecule has 0 spiro atoms. The smallest absolute Gasteiger partial charge is 0.164 e. The maximum Gasteiger partial charge on any atom is 0.164 e. The van der Waals surface area contributed by atoms with E-state index >= 15 is 0 Å². The predicted molar refractivity (Wildman–Crippen MR) is 116 cm³/mol. The average Bonchev–Trinajstić information content (AvgIpc) is 2.73. The lowest BCUT2D eigenvalue weighted by molar-refractivity contribution is -0.113. The van der Waals surface area contributed by atoms with Crippen molar-refractivity contribution in [3.05, 3.63) is 53.1 Å². The number of anilines is 1. The van der Waals surface area contributed by atoms with Gasteiger partial charge < -0.3 is 10.2 Å². The van der Waals surface area contributed by atoms with Crippen LogP contribution in [-0.2, 0) is 4.79 Å². The highest BCUT2D eigenvalue weighted by Gasteiger charge is 2.15. The summed E-state index contributed by atoms with van der Waals surface area (Å²) in [5.74, 6) is 1.08. The summed E-state index contributed by atoms with van der Waals surface area (Å²) in [7, 11) is 0. The molecule has 28 heavy (non-hydrogen) atoms. The minimum Gasteiger partial charge on any atom is -0.369 e. The Kier molecular flexibility index (Phi) is 6.57. The van der Waals surface area contributed by atoms with Crippen LogP contribution in [0.25, 0.3) is 11.6 Å². The molecule has 2 aromatic rings. The molecule has 1 fully saturated rings. The largest absolute Gasteiger partial charge is 0.369 e. The van der Waals surface area contributed by atoms with Gasteiger partial charge in [-0.15, -0.1) is 0 Å². The highest BCUT2D eigenvalue weighted by molar-refractivity contribution is 6.24. The molecular formula is C23H30N4O. The molecule has 0 amide bonds. The minimum atomic E-state index is 0.0963. The number of carbonyl (C=O) groups excluding carboxylic acids is 1. The van der Waals surface area contributed by atoms with Crippen LogP contribution in [0.2, 0.25) is 0 Å². The van der Waals surface area contributed by atoms with Crippen LogP contribution < -0.4 is 10.2 Å². The Hall–Kier alpha value is -2.53. The molecule has 2 heterocycles. The Morgan fingerprint density at radius 2 is 2.00 bits per heavy atom. The van der Waals surface area contributed by atoms with E-state index in [1.807, 2.05) is 19.1 Å². The van der Waals surface area contributed by atoms with E-state index in [4.69, 9.17) is 0 Å². The summed E-state index contributed by atoms with van der Waals surface area (Å²) in [4.78, 5) is 24.1. The molecule has 1 aliphatic rings. The summed E-state index contributed by atoms with van der Waals surface area (Å²) in [6.07, 6.45) is 4.18. The standard InChI is InChI=1S/C23H30N4O/c1-5-22(28)20(21-8-9-25-23(26-21)16(2)3)15-18-6-7-19(14-17(18)4)27-12-10-24-11-13-27/h6-9,14-16,24H,5,10-13H2,1-4H3/b20-15-. The number of allylic oxidation sites excluding steroid dienone is 1. The van der Waals surface area contributed by atoms with Crippen molar-refractivity contribution in [2.75, 3.05) is 31.1 Å². The number of nitrogens with one attached hydrogen (secondary N) is 1. The zero-order chi connectivity index (χ0) is 20.1. The number of rotatable bonds is 6. The lowest BCUT2D eigenvalue weighted by Crippen LogP contribution is -2.43. The number of hydrogen-bond donors (Lipinski definition) is 1. The highest BCUT2D eigenvalue weighted by atomic mass is 16.1. The van der Waals surface area contributed by atoms with Crippen molar-refractivity contribution in [3.8, 4) is 0 Å². The second-order valence-electron chi connectivity index (χ2n) is 7.57. The second kappa shape index (κ2) is 9.11. The molecule has 1 aliphatic heterocycles. The number of carbonyl (C=O) groups is 1. The number of nitrogens with zero attached hydrogens (tertiary/aromatic N) is 3. The van der Waals surface area contributed by atoms with Crippen LogP contribution in [-0.4, -0.2) is 41.9 Å². The normalized spacial score (nSPS) is 15.2. The van der Waals surface area contributed by atoms with E-state index < -0.39 is 0 Å². The van der Waals surface area contributed by atoms with Gasteiger partial charge in [-0.1, -0.05) is 26.8 Å². The molecule has 0 aliphatic carbocycles. The second-order valence-corrected chi connectivity index (χ2v) is 7.57. The molecule has 0 unspecified atom stereocenters. The molecule has 1 aromatic heterocycles. The van der Waals surface area contributed by atoms with Gasteiger partial charge in [0.05, 0.1) is 5.69 Å². The molecule has 1 N–H and O–H groups in total. The molecule has 5 nitrogen and oxygen atoms in total. The van der Waals surface area contributed by atoms with Crippen LogP contribution in [0, 0.1) is 6.92 Å². The van der Waals surface area contributed by atoms with Gasteiger partial charge in [0, 0.05) is 56.0 Å². The summed E-state index contributed by atoms with van der Waals surface area (Å²) >= 11 is 0. The Morgan fingerprint density at radius 1 is 1.25 bits per heavy atom. The molecule has 148 valence electrons. The third-order valence-electron chi connectivity index (χ3n) is 5.12. The van der Waals surface area contributed by atoms with Crippen LogP contribution in [0.4, 0.5) is 5.69 Å². The Balaban J connectivity index is 1.96. The fourth-order valence-electron chi connectivity index (χ4n) is 3.39. The maximum absolute atomic E-state index is 12.7. The van der Waals surface area contributed by atoms with Crippen LogP contribution in [0.15, 0.2) is 30.5 Å². The van der Waals surface area contributed by atoms with Crippen LogP contribution >= 0.6 is 0 Å². The fraction of sp³-hybridized carbons (Fsp3) is 0.435. The van der Waals surface area contributed by atoms with E-state index in [0.29, 0.717) is 17.7 Å². The van der Waals surface area contributed by atoms with Gasteiger partial charge in [0.2, 0.25) is 0 Å². The molecule has 1 saturated heterocycles. The zero-order valence-electron chi connectivity index (χ0n) is 17.3. The number of aromatic nitrogens is 2. The van der Waals surface area contributed by atoms with Crippen molar-refractivity contribution in [2.45, 2.75) is 40.0 Å². The highest BCUT2D eigenvalue weighted by Crippen LogP contribution is 2.25. The van der Waals surface area contributed by atoms with Crippen molar-refractivity contribution in [3.63, 3.8) is 0 Å². The molecule has 0 radical (unpaired) electrons. The summed E-state index contributed by atoms with van der Waals surface area (Å²) in [6, 6.07) is 8.30. The third-order valence-corrected chi connectivity index (χ3v) is 5.12. The van der Waals surface area contributed by atoms with Gasteiger partial charge in [-0.05, 0) is 42.3 Å². The quantitative estimate of drug-likeness (QED) is 0.774. The molecule has 0 saturated carbocycles.